The molecule has 2 amide bonds. The van der Waals surface area contributed by atoms with Crippen LogP contribution in [0.5, 0.6) is 0 Å². The Morgan fingerprint density at radius 2 is 2.09 bits per heavy atom. The molecule has 168 valence electrons. The van der Waals surface area contributed by atoms with Gasteiger partial charge >= 0.3 is 6.03 Å². The van der Waals surface area contributed by atoms with Gasteiger partial charge in [-0.05, 0) is 55.7 Å². The average molecular weight is 471 g/mol. The van der Waals surface area contributed by atoms with Crippen LogP contribution in [0.25, 0.3) is 16.3 Å². The summed E-state index contributed by atoms with van der Waals surface area (Å²) in [6.45, 7) is 5.71. The number of nitrogens with one attached hydrogen (secondary N) is 1. The van der Waals surface area contributed by atoms with Crippen molar-refractivity contribution < 1.29 is 14.1 Å². The van der Waals surface area contributed by atoms with Crippen LogP contribution in [0.3, 0.4) is 0 Å². The fourth-order valence-corrected chi connectivity index (χ4v) is 4.74. The topological polar surface area (TPSA) is 80.5 Å². The molecule has 0 fully saturated rings. The van der Waals surface area contributed by atoms with Crippen molar-refractivity contribution in [2.45, 2.75) is 31.2 Å². The van der Waals surface area contributed by atoms with Gasteiger partial charge in [0.1, 0.15) is 0 Å². The lowest BCUT2D eigenvalue weighted by atomic mass is 9.94. The zero-order chi connectivity index (χ0) is 22.5. The van der Waals surface area contributed by atoms with Crippen LogP contribution in [0.4, 0.5) is 4.79 Å². The van der Waals surface area contributed by atoms with Crippen LogP contribution in [0.15, 0.2) is 56.9 Å². The van der Waals surface area contributed by atoms with Crippen LogP contribution in [0.1, 0.15) is 37.8 Å². The molecule has 1 aromatic carbocycles. The number of carbonyl (C=O) groups excluding carboxylic acids is 1. The molecule has 0 aliphatic carbocycles. The first kappa shape index (κ1) is 22.6. The third kappa shape index (κ3) is 4.74. The molecule has 0 bridgehead atoms. The summed E-state index contributed by atoms with van der Waals surface area (Å²) in [7, 11) is 0. The number of hydrogen-bond acceptors (Lipinski definition) is 7. The Bertz CT molecular complexity index is 1080. The van der Waals surface area contributed by atoms with Gasteiger partial charge < -0.3 is 14.6 Å². The summed E-state index contributed by atoms with van der Waals surface area (Å²) >= 11 is 3.24. The first-order valence-corrected chi connectivity index (χ1v) is 12.6. The van der Waals surface area contributed by atoms with Crippen LogP contribution in [-0.2, 0) is 4.74 Å². The van der Waals surface area contributed by atoms with E-state index in [0.717, 1.165) is 33.0 Å². The maximum absolute atomic E-state index is 13.0. The molecule has 1 atom stereocenters. The number of hydrogen-bond donors (Lipinski definition) is 1. The molecule has 0 saturated heterocycles. The van der Waals surface area contributed by atoms with Gasteiger partial charge in [-0.15, -0.1) is 23.1 Å². The molecule has 1 N–H and O–H groups in total. The van der Waals surface area contributed by atoms with Crippen molar-refractivity contribution in [3.8, 4) is 10.7 Å². The molecule has 0 radical (unpaired) electrons. The highest BCUT2D eigenvalue weighted by Crippen LogP contribution is 2.38. The summed E-state index contributed by atoms with van der Waals surface area (Å²) in [6.07, 6.45) is 2.78. The van der Waals surface area contributed by atoms with E-state index in [9.17, 15) is 4.79 Å². The summed E-state index contributed by atoms with van der Waals surface area (Å²) in [6, 6.07) is 11.6. The summed E-state index contributed by atoms with van der Waals surface area (Å²) in [5.74, 6) is 0.964. The van der Waals surface area contributed by atoms with Crippen molar-refractivity contribution in [1.29, 1.82) is 0 Å². The lowest BCUT2D eigenvalue weighted by Gasteiger charge is -2.35. The number of thioether (sulfide) groups is 1. The average Bonchev–Trinajstić information content (AvgIpc) is 3.50. The van der Waals surface area contributed by atoms with Crippen molar-refractivity contribution in [2.24, 2.45) is 0 Å². The van der Waals surface area contributed by atoms with Crippen molar-refractivity contribution in [3.63, 3.8) is 0 Å². The summed E-state index contributed by atoms with van der Waals surface area (Å²) in [4.78, 5) is 21.5. The Morgan fingerprint density at radius 1 is 1.28 bits per heavy atom. The number of carbonyl (C=O) groups is 1. The van der Waals surface area contributed by atoms with Gasteiger partial charge in [-0.25, -0.2) is 4.79 Å². The molecule has 3 aromatic rings. The normalized spacial score (nSPS) is 16.5. The molecule has 4 rings (SSSR count). The Labute approximate surface area is 195 Å². The summed E-state index contributed by atoms with van der Waals surface area (Å²) < 4.78 is 11.1. The number of allylic oxidation sites excluding steroid dienone is 1. The second-order valence-electron chi connectivity index (χ2n) is 7.26. The Kier molecular flexibility index (Phi) is 7.29. The van der Waals surface area contributed by atoms with E-state index in [1.807, 2.05) is 49.7 Å². The van der Waals surface area contributed by atoms with Gasteiger partial charge in [0.15, 0.2) is 0 Å². The van der Waals surface area contributed by atoms with Crippen molar-refractivity contribution in [2.75, 3.05) is 26.0 Å². The van der Waals surface area contributed by atoms with E-state index in [1.54, 1.807) is 28.0 Å². The lowest BCUT2D eigenvalue weighted by molar-refractivity contribution is 0.136. The second kappa shape index (κ2) is 10.3. The van der Waals surface area contributed by atoms with E-state index >= 15 is 0 Å². The van der Waals surface area contributed by atoms with E-state index in [-0.39, 0.29) is 12.1 Å². The van der Waals surface area contributed by atoms with E-state index in [4.69, 9.17) is 9.26 Å². The predicted octanol–water partition coefficient (Wildman–Crippen LogP) is 5.44. The first-order valence-electron chi connectivity index (χ1n) is 10.5. The van der Waals surface area contributed by atoms with E-state index in [0.29, 0.717) is 31.5 Å². The van der Waals surface area contributed by atoms with Gasteiger partial charge in [-0.3, -0.25) is 4.90 Å². The van der Waals surface area contributed by atoms with Crippen LogP contribution in [0, 0.1) is 0 Å². The van der Waals surface area contributed by atoms with Crippen LogP contribution in [-0.4, -0.2) is 47.1 Å². The molecule has 0 spiro atoms. The van der Waals surface area contributed by atoms with E-state index in [1.165, 1.54) is 0 Å². The molecule has 1 unspecified atom stereocenters. The second-order valence-corrected chi connectivity index (χ2v) is 9.08. The minimum absolute atomic E-state index is 0.139. The smallest absolute Gasteiger partial charge is 0.322 e. The summed E-state index contributed by atoms with van der Waals surface area (Å²) in [5, 5.41) is 9.31. The van der Waals surface area contributed by atoms with Gasteiger partial charge in [0.05, 0.1) is 16.5 Å². The van der Waals surface area contributed by atoms with Gasteiger partial charge in [-0.2, -0.15) is 4.98 Å². The number of aromatic nitrogens is 2. The Balaban J connectivity index is 1.72. The number of amides is 2. The quantitative estimate of drug-likeness (QED) is 0.331. The maximum atomic E-state index is 13.0. The SMILES string of the molecule is CCOCCCN1C(=O)NC(c2ccc(SC)cc2)C(c2nc(-c3cccs3)no2)=C1C. The standard InChI is InChI=1S/C23H26N4O3S2/c1-4-29-13-6-12-27-15(2)19(22-25-21(26-30-22)18-7-5-14-32-18)20(24-23(27)28)16-8-10-17(31-3)11-9-16/h5,7-11,14,20H,4,6,12-13H2,1-3H3,(H,24,28). The van der Waals surface area contributed by atoms with Crippen molar-refractivity contribution in [1.82, 2.24) is 20.4 Å². The summed E-state index contributed by atoms with van der Waals surface area (Å²) in [5.41, 5.74) is 2.59. The van der Waals surface area contributed by atoms with Crippen LogP contribution in [0.2, 0.25) is 0 Å². The van der Waals surface area contributed by atoms with Gasteiger partial charge in [0.25, 0.3) is 5.89 Å². The Hall–Kier alpha value is -2.62. The zero-order valence-electron chi connectivity index (χ0n) is 18.3. The number of ether oxygens (including phenoxy) is 1. The number of nitrogens with zero attached hydrogens (tertiary/aromatic N) is 3. The number of rotatable bonds is 9. The monoisotopic (exact) mass is 470 g/mol. The fourth-order valence-electron chi connectivity index (χ4n) is 3.68. The molecule has 1 aliphatic rings. The highest BCUT2D eigenvalue weighted by atomic mass is 32.2. The lowest BCUT2D eigenvalue weighted by Crippen LogP contribution is -2.46. The minimum Gasteiger partial charge on any atom is -0.382 e. The maximum Gasteiger partial charge on any atom is 0.322 e. The van der Waals surface area contributed by atoms with Crippen molar-refractivity contribution in [3.05, 3.63) is 58.9 Å². The number of benzene rings is 1. The predicted molar refractivity (Wildman–Crippen MR) is 128 cm³/mol. The molecule has 0 saturated carbocycles. The largest absolute Gasteiger partial charge is 0.382 e. The van der Waals surface area contributed by atoms with Gasteiger partial charge in [-0.1, -0.05) is 23.4 Å². The highest BCUT2D eigenvalue weighted by molar-refractivity contribution is 7.98. The van der Waals surface area contributed by atoms with E-state index < -0.39 is 0 Å². The molecule has 1 aliphatic heterocycles. The number of thiophene rings is 1. The molecular formula is C23H26N4O3S2. The Morgan fingerprint density at radius 3 is 2.78 bits per heavy atom. The zero-order valence-corrected chi connectivity index (χ0v) is 20.0. The third-order valence-electron chi connectivity index (χ3n) is 5.32. The van der Waals surface area contributed by atoms with Gasteiger partial charge in [0, 0.05) is 30.4 Å². The highest BCUT2D eigenvalue weighted by Gasteiger charge is 2.35. The molecule has 7 nitrogen and oxygen atoms in total. The van der Waals surface area contributed by atoms with Crippen LogP contribution < -0.4 is 5.32 Å². The van der Waals surface area contributed by atoms with Crippen LogP contribution >= 0.6 is 23.1 Å². The van der Waals surface area contributed by atoms with Gasteiger partial charge in [0.2, 0.25) is 5.82 Å². The van der Waals surface area contributed by atoms with E-state index in [2.05, 4.69) is 27.6 Å². The molecule has 3 heterocycles. The minimum atomic E-state index is -0.377. The number of urea groups is 1. The molecule has 2 aromatic heterocycles. The molecular weight excluding hydrogens is 444 g/mol. The molecule has 32 heavy (non-hydrogen) atoms. The first-order chi connectivity index (χ1) is 15.6. The third-order valence-corrected chi connectivity index (χ3v) is 6.93. The van der Waals surface area contributed by atoms with Crippen molar-refractivity contribution >= 4 is 34.7 Å². The fraction of sp³-hybridized carbons (Fsp3) is 0.348. The molecule has 9 heteroatoms.